The average Bonchev–Trinajstić information content (AvgIpc) is 2.20. The molecule has 0 bridgehead atoms. The molecule has 2 radical (unpaired) electrons. The maximum absolute atomic E-state index is 9.03. The maximum Gasteiger partial charge on any atom is 0.113 e. The van der Waals surface area contributed by atoms with Crippen LogP contribution in [-0.2, 0) is 0 Å². The normalized spacial score (nSPS) is 12.2. The second-order valence-corrected chi connectivity index (χ2v) is 4.12. The lowest BCUT2D eigenvalue weighted by Gasteiger charge is -2.15. The van der Waals surface area contributed by atoms with Crippen molar-refractivity contribution >= 4 is 25.2 Å². The first-order valence-corrected chi connectivity index (χ1v) is 4.76. The van der Waals surface area contributed by atoms with Gasteiger partial charge in [-0.1, -0.05) is 17.6 Å². The lowest BCUT2D eigenvalue weighted by atomic mass is 9.94. The lowest BCUT2D eigenvalue weighted by molar-refractivity contribution is 0.223. The summed E-state index contributed by atoms with van der Waals surface area (Å²) in [6, 6.07) is 5.23. The molecule has 0 aromatic heterocycles. The smallest absolute Gasteiger partial charge is 0.113 e. The van der Waals surface area contributed by atoms with Crippen LogP contribution in [0.15, 0.2) is 23.2 Å². The zero-order valence-corrected chi connectivity index (χ0v) is 9.07. The van der Waals surface area contributed by atoms with E-state index in [1.54, 1.807) is 24.4 Å². The first kappa shape index (κ1) is 11.8. The third-order valence-electron chi connectivity index (χ3n) is 2.05. The molecule has 0 atom stereocenters. The Kier molecular flexibility index (Phi) is 3.53. The fourth-order valence-corrected chi connectivity index (χ4v) is 0.990. The topological polar surface area (TPSA) is 58.6 Å². The zero-order chi connectivity index (χ0) is 11.5. The molecule has 0 spiro atoms. The fourth-order valence-electron chi connectivity index (χ4n) is 0.990. The van der Waals surface area contributed by atoms with Gasteiger partial charge in [0.1, 0.15) is 7.85 Å². The Hall–Kier alpha value is -1.29. The Labute approximate surface area is 91.4 Å². The van der Waals surface area contributed by atoms with E-state index in [4.69, 9.17) is 18.7 Å². The highest BCUT2D eigenvalue weighted by atomic mass is 16.3. The molecule has 3 nitrogen and oxygen atoms in total. The van der Waals surface area contributed by atoms with Crippen LogP contribution in [0.4, 0.5) is 5.69 Å². The van der Waals surface area contributed by atoms with E-state index in [-0.39, 0.29) is 6.61 Å². The summed E-state index contributed by atoms with van der Waals surface area (Å²) in [5.41, 5.74) is 7.31. The quantitative estimate of drug-likeness (QED) is 0.419. The van der Waals surface area contributed by atoms with Gasteiger partial charge in [0.25, 0.3) is 0 Å². The second kappa shape index (κ2) is 4.49. The van der Waals surface area contributed by atoms with E-state index in [1.165, 1.54) is 0 Å². The fraction of sp³-hybridized carbons (Fsp3) is 0.364. The van der Waals surface area contributed by atoms with E-state index in [9.17, 15) is 0 Å². The van der Waals surface area contributed by atoms with Crippen molar-refractivity contribution in [1.29, 1.82) is 0 Å². The van der Waals surface area contributed by atoms with Crippen molar-refractivity contribution in [2.75, 3.05) is 12.3 Å². The molecule has 0 saturated carbocycles. The highest BCUT2D eigenvalue weighted by Gasteiger charge is 2.12. The standard InChI is InChI=1S/C11H15BN2O/c1-11(2,7-15)14-6-8-5-9(12)3-4-10(8)13/h3-6,15H,7,13H2,1-2H3. The van der Waals surface area contributed by atoms with Gasteiger partial charge < -0.3 is 10.8 Å². The van der Waals surface area contributed by atoms with Crippen LogP contribution in [0.1, 0.15) is 19.4 Å². The van der Waals surface area contributed by atoms with Crippen LogP contribution in [-0.4, -0.2) is 31.3 Å². The molecule has 1 aromatic rings. The third kappa shape index (κ3) is 3.40. The highest BCUT2D eigenvalue weighted by molar-refractivity contribution is 6.32. The van der Waals surface area contributed by atoms with Crippen molar-refractivity contribution < 1.29 is 5.11 Å². The molecule has 0 aliphatic carbocycles. The molecule has 1 aromatic carbocycles. The van der Waals surface area contributed by atoms with Gasteiger partial charge >= 0.3 is 0 Å². The summed E-state index contributed by atoms with van der Waals surface area (Å²) < 4.78 is 0. The van der Waals surface area contributed by atoms with E-state index in [0.29, 0.717) is 11.2 Å². The number of aliphatic hydroxyl groups excluding tert-OH is 1. The monoisotopic (exact) mass is 202 g/mol. The summed E-state index contributed by atoms with van der Waals surface area (Å²) in [4.78, 5) is 4.24. The number of hydrogen-bond acceptors (Lipinski definition) is 3. The summed E-state index contributed by atoms with van der Waals surface area (Å²) in [6.07, 6.45) is 1.64. The van der Waals surface area contributed by atoms with Gasteiger partial charge in [0.2, 0.25) is 0 Å². The van der Waals surface area contributed by atoms with Gasteiger partial charge in [-0.25, -0.2) is 0 Å². The minimum atomic E-state index is -0.489. The molecule has 0 amide bonds. The van der Waals surface area contributed by atoms with Crippen molar-refractivity contribution in [1.82, 2.24) is 0 Å². The first-order chi connectivity index (χ1) is 6.94. The van der Waals surface area contributed by atoms with Crippen molar-refractivity contribution in [2.45, 2.75) is 19.4 Å². The molecule has 1 rings (SSSR count). The highest BCUT2D eigenvalue weighted by Crippen LogP contribution is 2.10. The molecule has 0 saturated heterocycles. The van der Waals surface area contributed by atoms with Gasteiger partial charge in [0.05, 0.1) is 12.1 Å². The summed E-state index contributed by atoms with van der Waals surface area (Å²) in [5.74, 6) is 0. The van der Waals surface area contributed by atoms with E-state index in [0.717, 1.165) is 5.56 Å². The average molecular weight is 202 g/mol. The SMILES string of the molecule is [B]c1ccc(N)c(C=NC(C)(C)CO)c1. The third-order valence-corrected chi connectivity index (χ3v) is 2.05. The second-order valence-electron chi connectivity index (χ2n) is 4.12. The Morgan fingerprint density at radius 2 is 2.20 bits per heavy atom. The summed E-state index contributed by atoms with van der Waals surface area (Å²) in [7, 11) is 5.63. The summed E-state index contributed by atoms with van der Waals surface area (Å²) in [6.45, 7) is 3.67. The van der Waals surface area contributed by atoms with E-state index in [1.807, 2.05) is 13.8 Å². The number of rotatable bonds is 3. The zero-order valence-electron chi connectivity index (χ0n) is 9.07. The van der Waals surface area contributed by atoms with Gasteiger partial charge in [-0.2, -0.15) is 0 Å². The lowest BCUT2D eigenvalue weighted by Crippen LogP contribution is -2.22. The van der Waals surface area contributed by atoms with Crippen LogP contribution in [0.5, 0.6) is 0 Å². The largest absolute Gasteiger partial charge is 0.398 e. The molecule has 0 aliphatic rings. The first-order valence-electron chi connectivity index (χ1n) is 4.76. The maximum atomic E-state index is 9.03. The Balaban J connectivity index is 2.94. The molecule has 0 unspecified atom stereocenters. The molecule has 0 heterocycles. The Bertz CT molecular complexity index is 375. The number of nitrogens with two attached hydrogens (primary N) is 1. The minimum absolute atomic E-state index is 0.00821. The van der Waals surface area contributed by atoms with Crippen molar-refractivity contribution in [3.05, 3.63) is 23.8 Å². The van der Waals surface area contributed by atoms with E-state index in [2.05, 4.69) is 4.99 Å². The van der Waals surface area contributed by atoms with Crippen LogP contribution >= 0.6 is 0 Å². The molecule has 4 heteroatoms. The number of benzene rings is 1. The van der Waals surface area contributed by atoms with E-state index >= 15 is 0 Å². The number of nitrogens with zero attached hydrogens (tertiary/aromatic N) is 1. The predicted octanol–water partition coefficient (Wildman–Crippen LogP) is 0.252. The van der Waals surface area contributed by atoms with Crippen LogP contribution in [0, 0.1) is 0 Å². The van der Waals surface area contributed by atoms with Gasteiger partial charge in [-0.05, 0) is 19.9 Å². The van der Waals surface area contributed by atoms with Crippen molar-refractivity contribution in [3.63, 3.8) is 0 Å². The number of anilines is 1. The van der Waals surface area contributed by atoms with Crippen LogP contribution < -0.4 is 11.2 Å². The molecular weight excluding hydrogens is 187 g/mol. The molecule has 3 N–H and O–H groups in total. The summed E-state index contributed by atoms with van der Waals surface area (Å²) >= 11 is 0. The predicted molar refractivity (Wildman–Crippen MR) is 65.0 cm³/mol. The van der Waals surface area contributed by atoms with Crippen molar-refractivity contribution in [3.8, 4) is 0 Å². The van der Waals surface area contributed by atoms with Gasteiger partial charge in [0.15, 0.2) is 0 Å². The van der Waals surface area contributed by atoms with Gasteiger partial charge in [-0.3, -0.25) is 4.99 Å². The van der Waals surface area contributed by atoms with Crippen LogP contribution in [0.2, 0.25) is 0 Å². The van der Waals surface area contributed by atoms with Crippen molar-refractivity contribution in [2.24, 2.45) is 4.99 Å². The Morgan fingerprint density at radius 1 is 1.53 bits per heavy atom. The molecular formula is C11H15BN2O. The molecule has 0 aliphatic heterocycles. The Morgan fingerprint density at radius 3 is 2.80 bits per heavy atom. The number of nitrogen functional groups attached to an aromatic ring is 1. The minimum Gasteiger partial charge on any atom is -0.398 e. The summed E-state index contributed by atoms with van der Waals surface area (Å²) in [5, 5.41) is 9.03. The number of aliphatic hydroxyl groups is 1. The number of aliphatic imine (C=N–C) groups is 1. The van der Waals surface area contributed by atoms with Crippen LogP contribution in [0.25, 0.3) is 0 Å². The molecule has 15 heavy (non-hydrogen) atoms. The van der Waals surface area contributed by atoms with Crippen LogP contribution in [0.3, 0.4) is 0 Å². The number of hydrogen-bond donors (Lipinski definition) is 2. The molecule has 78 valence electrons. The van der Waals surface area contributed by atoms with E-state index < -0.39 is 5.54 Å². The van der Waals surface area contributed by atoms with Gasteiger partial charge in [-0.15, -0.1) is 0 Å². The van der Waals surface area contributed by atoms with Gasteiger partial charge in [0, 0.05) is 17.5 Å². The molecule has 0 fully saturated rings.